The van der Waals surface area contributed by atoms with Crippen LogP contribution in [0.15, 0.2) is 47.4 Å². The number of aryl methyl sites for hydroxylation is 2. The van der Waals surface area contributed by atoms with Crippen LogP contribution in [0.2, 0.25) is 0 Å². The number of sulfonamides is 1. The first-order valence-electron chi connectivity index (χ1n) is 9.99. The van der Waals surface area contributed by atoms with Crippen LogP contribution in [0.25, 0.3) is 0 Å². The van der Waals surface area contributed by atoms with Gasteiger partial charge in [-0.2, -0.15) is 4.31 Å². The van der Waals surface area contributed by atoms with E-state index >= 15 is 0 Å². The number of nitrogens with one attached hydrogen (secondary N) is 1. The smallest absolute Gasteiger partial charge is 0.255 e. The summed E-state index contributed by atoms with van der Waals surface area (Å²) in [7, 11) is -3.75. The summed E-state index contributed by atoms with van der Waals surface area (Å²) in [6.45, 7) is 6.62. The van der Waals surface area contributed by atoms with Gasteiger partial charge < -0.3 is 10.2 Å². The summed E-state index contributed by atoms with van der Waals surface area (Å²) >= 11 is 0. The summed E-state index contributed by atoms with van der Waals surface area (Å²) in [6.07, 6.45) is 0.776. The molecule has 0 radical (unpaired) electrons. The van der Waals surface area contributed by atoms with E-state index in [2.05, 4.69) is 5.32 Å². The van der Waals surface area contributed by atoms with Crippen LogP contribution in [0.5, 0.6) is 0 Å². The van der Waals surface area contributed by atoms with E-state index in [9.17, 15) is 18.0 Å². The first-order valence-corrected chi connectivity index (χ1v) is 11.4. The SMILES string of the molecule is CCc1cccc(C)c1NC(=O)c1cccc(S(=O)(=O)N2CCN(C(C)=O)CC2)c1. The lowest BCUT2D eigenvalue weighted by molar-refractivity contribution is -0.129. The minimum atomic E-state index is -3.75. The van der Waals surface area contributed by atoms with Crippen molar-refractivity contribution in [2.75, 3.05) is 31.5 Å². The standard InChI is InChI=1S/C22H27N3O4S/c1-4-18-8-5-7-16(2)21(18)23-22(27)19-9-6-10-20(15-19)30(28,29)25-13-11-24(12-14-25)17(3)26/h5-10,15H,4,11-14H2,1-3H3,(H,23,27). The lowest BCUT2D eigenvalue weighted by Gasteiger charge is -2.33. The Morgan fingerprint density at radius 2 is 1.70 bits per heavy atom. The molecule has 0 atom stereocenters. The number of piperazine rings is 1. The number of hydrogen-bond donors (Lipinski definition) is 1. The molecular weight excluding hydrogens is 402 g/mol. The highest BCUT2D eigenvalue weighted by Gasteiger charge is 2.29. The van der Waals surface area contributed by atoms with Crippen LogP contribution in [0.4, 0.5) is 5.69 Å². The molecule has 1 fully saturated rings. The van der Waals surface area contributed by atoms with Crippen molar-refractivity contribution in [3.05, 3.63) is 59.2 Å². The second-order valence-electron chi connectivity index (χ2n) is 7.35. The van der Waals surface area contributed by atoms with Crippen LogP contribution in [0.1, 0.15) is 35.3 Å². The maximum Gasteiger partial charge on any atom is 0.255 e. The molecule has 1 N–H and O–H groups in total. The Morgan fingerprint density at radius 3 is 2.33 bits per heavy atom. The summed E-state index contributed by atoms with van der Waals surface area (Å²) in [5.41, 5.74) is 3.02. The van der Waals surface area contributed by atoms with Crippen molar-refractivity contribution < 1.29 is 18.0 Å². The Hall–Kier alpha value is -2.71. The molecule has 30 heavy (non-hydrogen) atoms. The zero-order valence-corrected chi connectivity index (χ0v) is 18.3. The van der Waals surface area contributed by atoms with E-state index in [1.807, 2.05) is 32.0 Å². The maximum absolute atomic E-state index is 13.0. The molecule has 0 bridgehead atoms. The second kappa shape index (κ2) is 8.97. The van der Waals surface area contributed by atoms with Gasteiger partial charge in [-0.25, -0.2) is 8.42 Å². The van der Waals surface area contributed by atoms with Crippen LogP contribution >= 0.6 is 0 Å². The largest absolute Gasteiger partial charge is 0.340 e. The van der Waals surface area contributed by atoms with Gasteiger partial charge in [0.05, 0.1) is 4.90 Å². The van der Waals surface area contributed by atoms with Gasteiger partial charge in [0.1, 0.15) is 0 Å². The Bertz CT molecular complexity index is 1060. The normalized spacial score (nSPS) is 15.1. The van der Waals surface area contributed by atoms with E-state index in [4.69, 9.17) is 0 Å². The van der Waals surface area contributed by atoms with Gasteiger partial charge in [0.15, 0.2) is 0 Å². The Kier molecular flexibility index (Phi) is 6.58. The monoisotopic (exact) mass is 429 g/mol. The molecule has 1 heterocycles. The molecule has 0 unspecified atom stereocenters. The zero-order valence-electron chi connectivity index (χ0n) is 17.5. The van der Waals surface area contributed by atoms with E-state index in [1.165, 1.54) is 23.4 Å². The molecule has 0 saturated carbocycles. The molecule has 2 amide bonds. The van der Waals surface area contributed by atoms with Gasteiger partial charge >= 0.3 is 0 Å². The first-order chi connectivity index (χ1) is 14.2. The van der Waals surface area contributed by atoms with E-state index in [-0.39, 0.29) is 35.4 Å². The van der Waals surface area contributed by atoms with Crippen molar-refractivity contribution in [1.82, 2.24) is 9.21 Å². The molecule has 1 aliphatic heterocycles. The molecule has 8 heteroatoms. The number of hydrogen-bond acceptors (Lipinski definition) is 4. The number of benzene rings is 2. The number of nitrogens with zero attached hydrogens (tertiary/aromatic N) is 2. The highest BCUT2D eigenvalue weighted by Crippen LogP contribution is 2.23. The summed E-state index contributed by atoms with van der Waals surface area (Å²) in [5.74, 6) is -0.411. The van der Waals surface area contributed by atoms with E-state index in [0.717, 1.165) is 23.2 Å². The number of para-hydroxylation sites is 1. The van der Waals surface area contributed by atoms with Crippen LogP contribution in [-0.4, -0.2) is 55.6 Å². The van der Waals surface area contributed by atoms with Crippen molar-refractivity contribution in [2.45, 2.75) is 32.1 Å². The topological polar surface area (TPSA) is 86.8 Å². The summed E-state index contributed by atoms with van der Waals surface area (Å²) in [4.78, 5) is 26.0. The van der Waals surface area contributed by atoms with Crippen molar-refractivity contribution in [3.8, 4) is 0 Å². The quantitative estimate of drug-likeness (QED) is 0.792. The molecule has 0 aromatic heterocycles. The Morgan fingerprint density at radius 1 is 1.03 bits per heavy atom. The number of carbonyl (C=O) groups excluding carboxylic acids is 2. The predicted molar refractivity (Wildman–Crippen MR) is 116 cm³/mol. The highest BCUT2D eigenvalue weighted by molar-refractivity contribution is 7.89. The Balaban J connectivity index is 1.81. The molecule has 1 aliphatic rings. The minimum absolute atomic E-state index is 0.0617. The Labute approximate surface area is 177 Å². The number of anilines is 1. The fraction of sp³-hybridized carbons (Fsp3) is 0.364. The molecule has 2 aromatic carbocycles. The van der Waals surface area contributed by atoms with E-state index in [0.29, 0.717) is 13.1 Å². The van der Waals surface area contributed by atoms with Gasteiger partial charge in [-0.05, 0) is 42.7 Å². The second-order valence-corrected chi connectivity index (χ2v) is 9.29. The molecule has 7 nitrogen and oxygen atoms in total. The van der Waals surface area contributed by atoms with Crippen molar-refractivity contribution in [2.24, 2.45) is 0 Å². The third-order valence-electron chi connectivity index (χ3n) is 5.40. The first kappa shape index (κ1) is 22.0. The highest BCUT2D eigenvalue weighted by atomic mass is 32.2. The van der Waals surface area contributed by atoms with Gasteiger partial charge in [-0.1, -0.05) is 31.2 Å². The fourth-order valence-corrected chi connectivity index (χ4v) is 5.05. The number of carbonyl (C=O) groups is 2. The van der Waals surface area contributed by atoms with Crippen LogP contribution in [0, 0.1) is 6.92 Å². The van der Waals surface area contributed by atoms with E-state index < -0.39 is 10.0 Å². The van der Waals surface area contributed by atoms with Crippen molar-refractivity contribution >= 4 is 27.5 Å². The predicted octanol–water partition coefficient (Wildman–Crippen LogP) is 2.66. The average molecular weight is 430 g/mol. The van der Waals surface area contributed by atoms with Gasteiger partial charge in [0.25, 0.3) is 5.91 Å². The molecule has 3 rings (SSSR count). The summed E-state index contributed by atoms with van der Waals surface area (Å²) < 4.78 is 27.4. The van der Waals surface area contributed by atoms with Crippen LogP contribution in [-0.2, 0) is 21.2 Å². The molecule has 2 aromatic rings. The van der Waals surface area contributed by atoms with Gasteiger partial charge in [-0.15, -0.1) is 0 Å². The molecule has 0 aliphatic carbocycles. The molecule has 160 valence electrons. The maximum atomic E-state index is 13.0. The van der Waals surface area contributed by atoms with Crippen molar-refractivity contribution in [1.29, 1.82) is 0 Å². The molecule has 1 saturated heterocycles. The molecular formula is C22H27N3O4S. The molecule has 0 spiro atoms. The van der Waals surface area contributed by atoms with Gasteiger partial charge in [0, 0.05) is 44.4 Å². The number of rotatable bonds is 5. The zero-order chi connectivity index (χ0) is 21.9. The number of amides is 2. The summed E-state index contributed by atoms with van der Waals surface area (Å²) in [5, 5.41) is 2.93. The minimum Gasteiger partial charge on any atom is -0.340 e. The van der Waals surface area contributed by atoms with Crippen LogP contribution in [0.3, 0.4) is 0 Å². The third kappa shape index (κ3) is 4.55. The van der Waals surface area contributed by atoms with E-state index in [1.54, 1.807) is 17.0 Å². The average Bonchev–Trinajstić information content (AvgIpc) is 2.75. The van der Waals surface area contributed by atoms with Crippen LogP contribution < -0.4 is 5.32 Å². The van der Waals surface area contributed by atoms with Gasteiger partial charge in [-0.3, -0.25) is 9.59 Å². The lowest BCUT2D eigenvalue weighted by Crippen LogP contribution is -2.49. The fourth-order valence-electron chi connectivity index (χ4n) is 3.58. The van der Waals surface area contributed by atoms with Crippen molar-refractivity contribution in [3.63, 3.8) is 0 Å². The lowest BCUT2D eigenvalue weighted by atomic mass is 10.1. The summed E-state index contributed by atoms with van der Waals surface area (Å²) in [6, 6.07) is 11.9. The third-order valence-corrected chi connectivity index (χ3v) is 7.29. The van der Waals surface area contributed by atoms with Gasteiger partial charge in [0.2, 0.25) is 15.9 Å².